The molecule has 2 aliphatic rings. The lowest BCUT2D eigenvalue weighted by Gasteiger charge is -2.36. The van der Waals surface area contributed by atoms with E-state index < -0.39 is 36.6 Å². The molecule has 0 radical (unpaired) electrons. The van der Waals surface area contributed by atoms with Crippen molar-refractivity contribution in [2.75, 3.05) is 35.0 Å². The Bertz CT molecular complexity index is 1020. The smallest absolute Gasteiger partial charge is 0.319 e. The minimum Gasteiger partial charge on any atom is -0.497 e. The van der Waals surface area contributed by atoms with Gasteiger partial charge in [-0.05, 0) is 23.2 Å². The molecule has 6 atom stereocenters. The van der Waals surface area contributed by atoms with Crippen molar-refractivity contribution in [1.82, 2.24) is 9.97 Å². The van der Waals surface area contributed by atoms with E-state index >= 15 is 0 Å². The molecule has 12 heteroatoms. The summed E-state index contributed by atoms with van der Waals surface area (Å²) < 4.78 is 40.1. The van der Waals surface area contributed by atoms with E-state index in [0.29, 0.717) is 12.2 Å². The second-order valence-electron chi connectivity index (χ2n) is 7.73. The quantitative estimate of drug-likeness (QED) is 0.305. The Kier molecular flexibility index (Phi) is 7.66. The fraction of sp³-hybridized carbons (Fsp3) is 0.545. The Hall–Kier alpha value is -3.15. The van der Waals surface area contributed by atoms with Gasteiger partial charge in [0.1, 0.15) is 24.1 Å². The number of methoxy groups -OCH3 is 4. The maximum absolute atomic E-state index is 9.15. The van der Waals surface area contributed by atoms with Crippen LogP contribution in [0, 0.1) is 0 Å². The van der Waals surface area contributed by atoms with Crippen molar-refractivity contribution < 1.29 is 33.2 Å². The van der Waals surface area contributed by atoms with Crippen molar-refractivity contribution in [3.8, 4) is 17.6 Å². The van der Waals surface area contributed by atoms with Gasteiger partial charge >= 0.3 is 6.01 Å². The molecule has 2 aromatic rings. The summed E-state index contributed by atoms with van der Waals surface area (Å²) in [5.41, 5.74) is 10.7. The molecule has 12 nitrogen and oxygen atoms in total. The molecule has 0 aliphatic carbocycles. The summed E-state index contributed by atoms with van der Waals surface area (Å²) in [7, 11) is 6.13. The Morgan fingerprint density at radius 1 is 1.09 bits per heavy atom. The van der Waals surface area contributed by atoms with Gasteiger partial charge in [-0.3, -0.25) is 0 Å². The first kappa shape index (κ1) is 24.0. The van der Waals surface area contributed by atoms with Gasteiger partial charge in [0.05, 0.1) is 58.4 Å². The number of azide groups is 1. The van der Waals surface area contributed by atoms with Gasteiger partial charge in [-0.1, -0.05) is 17.2 Å². The van der Waals surface area contributed by atoms with Crippen molar-refractivity contribution >= 4 is 0 Å². The largest absolute Gasteiger partial charge is 0.497 e. The molecule has 3 heterocycles. The van der Waals surface area contributed by atoms with Crippen molar-refractivity contribution in [3.05, 3.63) is 52.0 Å². The highest BCUT2D eigenvalue weighted by Crippen LogP contribution is 2.44. The van der Waals surface area contributed by atoms with Crippen molar-refractivity contribution in [2.24, 2.45) is 5.11 Å². The van der Waals surface area contributed by atoms with Crippen molar-refractivity contribution in [2.45, 2.75) is 43.2 Å². The third kappa shape index (κ3) is 4.72. The second-order valence-corrected chi connectivity index (χ2v) is 7.73. The number of benzene rings is 1. The van der Waals surface area contributed by atoms with Crippen LogP contribution in [0.25, 0.3) is 10.4 Å². The Morgan fingerprint density at radius 3 is 2.53 bits per heavy atom. The predicted molar refractivity (Wildman–Crippen MR) is 118 cm³/mol. The van der Waals surface area contributed by atoms with Crippen LogP contribution in [0.5, 0.6) is 17.6 Å². The average molecular weight is 473 g/mol. The van der Waals surface area contributed by atoms with Crippen molar-refractivity contribution in [1.29, 1.82) is 0 Å². The van der Waals surface area contributed by atoms with Gasteiger partial charge < -0.3 is 33.2 Å². The first-order valence-corrected chi connectivity index (χ1v) is 10.7. The normalized spacial score (nSPS) is 28.0. The van der Waals surface area contributed by atoms with Gasteiger partial charge in [-0.25, -0.2) is 4.98 Å². The summed E-state index contributed by atoms with van der Waals surface area (Å²) in [5, 5.41) is 3.95. The monoisotopic (exact) mass is 473 g/mol. The van der Waals surface area contributed by atoms with Crippen LogP contribution in [-0.4, -0.2) is 75.5 Å². The van der Waals surface area contributed by atoms with E-state index in [1.165, 1.54) is 14.2 Å². The molecule has 0 amide bonds. The molecule has 0 unspecified atom stereocenters. The first-order chi connectivity index (χ1) is 16.6. The van der Waals surface area contributed by atoms with Crippen LogP contribution in [0.1, 0.15) is 17.2 Å². The van der Waals surface area contributed by atoms with Gasteiger partial charge in [0, 0.05) is 18.2 Å². The number of nitrogens with zero attached hydrogens (tertiary/aromatic N) is 5. The maximum atomic E-state index is 9.15. The van der Waals surface area contributed by atoms with E-state index in [0.717, 1.165) is 11.3 Å². The third-order valence-electron chi connectivity index (χ3n) is 5.95. The molecule has 182 valence electrons. The maximum Gasteiger partial charge on any atom is 0.319 e. The molecule has 0 saturated carbocycles. The Morgan fingerprint density at radius 2 is 1.88 bits per heavy atom. The highest BCUT2D eigenvalue weighted by molar-refractivity contribution is 5.31. The minimum absolute atomic E-state index is 0.161. The number of ether oxygens (including phenoxy) is 7. The summed E-state index contributed by atoms with van der Waals surface area (Å²) in [6.45, 7) is 0.524. The molecule has 1 aromatic carbocycles. The number of hydrogen-bond donors (Lipinski definition) is 0. The van der Waals surface area contributed by atoms with E-state index in [4.69, 9.17) is 38.7 Å². The predicted octanol–water partition coefficient (Wildman–Crippen LogP) is 2.62. The molecular formula is C22H27N5O7. The van der Waals surface area contributed by atoms with E-state index in [-0.39, 0.29) is 18.5 Å². The summed E-state index contributed by atoms with van der Waals surface area (Å²) in [6.07, 6.45) is -1.21. The number of aromatic nitrogens is 2. The summed E-state index contributed by atoms with van der Waals surface area (Å²) in [4.78, 5) is 11.5. The number of hydrogen-bond acceptors (Lipinski definition) is 10. The highest BCUT2D eigenvalue weighted by atomic mass is 16.6. The standard InChI is InChI=1S/C22H27N5O7/c1-28-13-7-5-12(6-8-13)10-32-19-17(14-9-24-22(31-4)25-21(14)30-3)34-18-16(26-27-23)15(29-2)11-33-20(18)19/h5-9,15-20H,10-11H2,1-4H3/t15-,16-,17+,18-,19+,20-/m1/s1. The van der Waals surface area contributed by atoms with E-state index in [1.807, 2.05) is 24.3 Å². The van der Waals surface area contributed by atoms with Crippen LogP contribution in [0.3, 0.4) is 0 Å². The SMILES string of the molecule is COc1ccc(CO[C@@H]2[C@@H]3OC[C@@H](OC)[C@@H](N=[N+]=[N-])[C@H]3O[C@H]2c2cnc(OC)nc2OC)cc1. The van der Waals surface area contributed by atoms with Crippen LogP contribution >= 0.6 is 0 Å². The lowest BCUT2D eigenvalue weighted by atomic mass is 9.94. The van der Waals surface area contributed by atoms with Gasteiger partial charge in [0.2, 0.25) is 5.88 Å². The number of fused-ring (bicyclic) bond motifs is 1. The van der Waals surface area contributed by atoms with E-state index in [2.05, 4.69) is 20.0 Å². The fourth-order valence-corrected chi connectivity index (χ4v) is 4.24. The summed E-state index contributed by atoms with van der Waals surface area (Å²) in [6, 6.07) is 7.13. The van der Waals surface area contributed by atoms with Gasteiger partial charge in [0.15, 0.2) is 0 Å². The Labute approximate surface area is 196 Å². The van der Waals surface area contributed by atoms with Crippen molar-refractivity contribution in [3.63, 3.8) is 0 Å². The van der Waals surface area contributed by atoms with Gasteiger partial charge in [-0.15, -0.1) is 0 Å². The summed E-state index contributed by atoms with van der Waals surface area (Å²) >= 11 is 0. The molecule has 2 aliphatic heterocycles. The van der Waals surface area contributed by atoms with Crippen LogP contribution < -0.4 is 14.2 Å². The highest BCUT2D eigenvalue weighted by Gasteiger charge is 2.55. The zero-order valence-electron chi connectivity index (χ0n) is 19.4. The van der Waals surface area contributed by atoms with Crippen LogP contribution in [0.4, 0.5) is 0 Å². The molecule has 1 aromatic heterocycles. The second kappa shape index (κ2) is 10.9. The first-order valence-electron chi connectivity index (χ1n) is 10.7. The fourth-order valence-electron chi connectivity index (χ4n) is 4.24. The van der Waals surface area contributed by atoms with Crippen LogP contribution in [-0.2, 0) is 25.6 Å². The van der Waals surface area contributed by atoms with Gasteiger partial charge in [-0.2, -0.15) is 4.98 Å². The molecule has 0 spiro atoms. The molecule has 2 fully saturated rings. The molecule has 2 saturated heterocycles. The topological polar surface area (TPSA) is 139 Å². The molecule has 0 bridgehead atoms. The molecular weight excluding hydrogens is 446 g/mol. The van der Waals surface area contributed by atoms with E-state index in [9.17, 15) is 0 Å². The molecule has 34 heavy (non-hydrogen) atoms. The Balaban J connectivity index is 1.66. The lowest BCUT2D eigenvalue weighted by Crippen LogP contribution is -2.53. The van der Waals surface area contributed by atoms with Crippen LogP contribution in [0.2, 0.25) is 0 Å². The van der Waals surface area contributed by atoms with Crippen LogP contribution in [0.15, 0.2) is 35.6 Å². The molecule has 4 rings (SSSR count). The minimum atomic E-state index is -0.652. The molecule has 0 N–H and O–H groups in total. The zero-order chi connectivity index (χ0) is 24.1. The zero-order valence-corrected chi connectivity index (χ0v) is 19.4. The van der Waals surface area contributed by atoms with E-state index in [1.54, 1.807) is 20.4 Å². The van der Waals surface area contributed by atoms with Gasteiger partial charge in [0.25, 0.3) is 0 Å². The number of rotatable bonds is 9. The average Bonchev–Trinajstić information content (AvgIpc) is 3.26. The summed E-state index contributed by atoms with van der Waals surface area (Å²) in [5.74, 6) is 1.04. The lowest BCUT2D eigenvalue weighted by molar-refractivity contribution is -0.145. The third-order valence-corrected chi connectivity index (χ3v) is 5.95.